The van der Waals surface area contributed by atoms with Gasteiger partial charge in [-0.3, -0.25) is 4.79 Å². The smallest absolute Gasteiger partial charge is 0.330 e. The zero-order valence-corrected chi connectivity index (χ0v) is 25.0. The molecule has 1 fully saturated rings. The van der Waals surface area contributed by atoms with Crippen molar-refractivity contribution in [2.75, 3.05) is 37.9 Å². The molecule has 0 N–H and O–H groups in total. The Morgan fingerprint density at radius 3 is 1.70 bits per heavy atom. The van der Waals surface area contributed by atoms with Crippen molar-refractivity contribution < 1.29 is 30.0 Å². The number of rotatable bonds is 18. The van der Waals surface area contributed by atoms with E-state index in [0.717, 1.165) is 35.5 Å². The Balaban J connectivity index is 0.00000588. The zero-order chi connectivity index (χ0) is 28.4. The molecular weight excluding hydrogens is 544 g/mol. The van der Waals surface area contributed by atoms with E-state index in [-0.39, 0.29) is 19.6 Å². The van der Waals surface area contributed by atoms with Gasteiger partial charge in [0.15, 0.2) is 0 Å². The number of hydrogen-bond donors (Lipinski definition) is 0. The summed E-state index contributed by atoms with van der Waals surface area (Å²) >= 11 is 3.33. The van der Waals surface area contributed by atoms with Crippen LogP contribution in [-0.2, 0) is 28.5 Å². The number of hydrogen-bond acceptors (Lipinski definition) is 8. The molecule has 3 rings (SSSR count). The number of thioether (sulfide) groups is 2. The first-order chi connectivity index (χ1) is 19.6. The van der Waals surface area contributed by atoms with Crippen LogP contribution in [0.2, 0.25) is 0 Å². The summed E-state index contributed by atoms with van der Waals surface area (Å²) in [7, 11) is 0. The highest BCUT2D eigenvalue weighted by Gasteiger charge is 2.23. The van der Waals surface area contributed by atoms with Crippen molar-refractivity contribution in [3.05, 3.63) is 73.3 Å². The molecular formula is C32H44O6S2. The topological polar surface area (TPSA) is 71.1 Å². The molecule has 0 saturated heterocycles. The first-order valence-corrected chi connectivity index (χ1v) is 16.1. The predicted molar refractivity (Wildman–Crippen MR) is 164 cm³/mol. The van der Waals surface area contributed by atoms with Crippen LogP contribution in [0.15, 0.2) is 83.1 Å². The first kappa shape index (κ1) is 32.3. The summed E-state index contributed by atoms with van der Waals surface area (Å²) in [6.07, 6.45) is 5.32. The second kappa shape index (κ2) is 19.0. The van der Waals surface area contributed by atoms with E-state index in [1.807, 2.05) is 55.5 Å². The maximum atomic E-state index is 11.9. The van der Waals surface area contributed by atoms with Gasteiger partial charge in [0.1, 0.15) is 12.2 Å². The Morgan fingerprint density at radius 1 is 0.825 bits per heavy atom. The van der Waals surface area contributed by atoms with Gasteiger partial charge in [0.2, 0.25) is 0 Å². The van der Waals surface area contributed by atoms with Crippen LogP contribution in [-0.4, -0.2) is 62.1 Å². The maximum absolute atomic E-state index is 11.9. The van der Waals surface area contributed by atoms with E-state index in [1.165, 1.54) is 6.08 Å². The Hall–Kier alpha value is -2.26. The number of carbonyl (C=O) groups excluding carboxylic acids is 2. The quantitative estimate of drug-likeness (QED) is 0.104. The van der Waals surface area contributed by atoms with Crippen LogP contribution in [0.3, 0.4) is 0 Å². The fraction of sp³-hybridized carbons (Fsp3) is 0.500. The molecule has 0 aromatic heterocycles. The van der Waals surface area contributed by atoms with E-state index in [2.05, 4.69) is 18.7 Å². The monoisotopic (exact) mass is 588 g/mol. The van der Waals surface area contributed by atoms with Gasteiger partial charge in [0, 0.05) is 48.4 Å². The normalized spacial score (nSPS) is 18.4. The van der Waals surface area contributed by atoms with Crippen molar-refractivity contribution in [3.8, 4) is 0 Å². The van der Waals surface area contributed by atoms with Crippen molar-refractivity contribution in [1.82, 2.24) is 0 Å². The third-order valence-corrected chi connectivity index (χ3v) is 8.96. The Morgan fingerprint density at radius 2 is 1.27 bits per heavy atom. The van der Waals surface area contributed by atoms with Crippen LogP contribution in [0.5, 0.6) is 0 Å². The van der Waals surface area contributed by atoms with E-state index in [4.69, 9.17) is 18.9 Å². The third-order valence-electron chi connectivity index (χ3n) is 6.68. The minimum absolute atomic E-state index is 0. The van der Waals surface area contributed by atoms with Gasteiger partial charge in [-0.1, -0.05) is 49.9 Å². The third kappa shape index (κ3) is 12.9. The van der Waals surface area contributed by atoms with E-state index >= 15 is 0 Å². The molecule has 220 valence electrons. The van der Waals surface area contributed by atoms with E-state index < -0.39 is 5.97 Å². The molecule has 2 atom stereocenters. The largest absolute Gasteiger partial charge is 0.459 e. The fourth-order valence-electron chi connectivity index (χ4n) is 4.42. The average molecular weight is 589 g/mol. The molecule has 0 amide bonds. The molecule has 0 heterocycles. The van der Waals surface area contributed by atoms with Crippen molar-refractivity contribution in [1.29, 1.82) is 0 Å². The number of carbonyl (C=O) groups is 2. The molecule has 6 nitrogen and oxygen atoms in total. The molecule has 1 aliphatic carbocycles. The predicted octanol–water partition coefficient (Wildman–Crippen LogP) is 7.08. The van der Waals surface area contributed by atoms with Gasteiger partial charge in [-0.15, -0.1) is 23.5 Å². The summed E-state index contributed by atoms with van der Waals surface area (Å²) in [4.78, 5) is 26.0. The fourth-order valence-corrected chi connectivity index (χ4v) is 6.21. The molecule has 2 unspecified atom stereocenters. The van der Waals surface area contributed by atoms with Crippen molar-refractivity contribution in [2.45, 2.75) is 61.0 Å². The molecule has 2 aromatic carbocycles. The zero-order valence-electron chi connectivity index (χ0n) is 23.4. The maximum Gasteiger partial charge on any atom is 0.330 e. The van der Waals surface area contributed by atoms with Crippen molar-refractivity contribution in [2.24, 2.45) is 11.8 Å². The minimum Gasteiger partial charge on any atom is -0.459 e. The molecule has 0 aliphatic heterocycles. The number of benzene rings is 2. The lowest BCUT2D eigenvalue weighted by molar-refractivity contribution is -0.150. The SMILES string of the molecule is C=CC(=O)OC(COCC1CCC(COCC(CSc2ccccc2)OC(=O)CC)CC1)CSc1ccccc1.[HH]. The lowest BCUT2D eigenvalue weighted by atomic mass is 9.83. The molecule has 1 saturated carbocycles. The van der Waals surface area contributed by atoms with Crippen LogP contribution in [0.25, 0.3) is 0 Å². The highest BCUT2D eigenvalue weighted by Crippen LogP contribution is 2.30. The second-order valence-corrected chi connectivity index (χ2v) is 12.1. The van der Waals surface area contributed by atoms with Crippen LogP contribution in [0.1, 0.15) is 40.5 Å². The van der Waals surface area contributed by atoms with E-state index in [9.17, 15) is 9.59 Å². The molecule has 8 heteroatoms. The van der Waals surface area contributed by atoms with Gasteiger partial charge in [0.25, 0.3) is 0 Å². The van der Waals surface area contributed by atoms with E-state index in [0.29, 0.717) is 56.2 Å². The molecule has 0 spiro atoms. The van der Waals surface area contributed by atoms with Crippen LogP contribution in [0, 0.1) is 11.8 Å². The summed E-state index contributed by atoms with van der Waals surface area (Å²) < 4.78 is 23.2. The Labute approximate surface area is 249 Å². The number of esters is 2. The number of ether oxygens (including phenoxy) is 4. The van der Waals surface area contributed by atoms with Gasteiger partial charge in [-0.2, -0.15) is 0 Å². The minimum atomic E-state index is -0.423. The average Bonchev–Trinajstić information content (AvgIpc) is 3.00. The summed E-state index contributed by atoms with van der Waals surface area (Å²) in [6, 6.07) is 20.2. The molecule has 1 aliphatic rings. The Kier molecular flexibility index (Phi) is 15.3. The first-order valence-electron chi connectivity index (χ1n) is 14.1. The van der Waals surface area contributed by atoms with Gasteiger partial charge in [-0.05, 0) is 61.8 Å². The lowest BCUT2D eigenvalue weighted by Crippen LogP contribution is -2.29. The second-order valence-electron chi connectivity index (χ2n) is 9.94. The lowest BCUT2D eigenvalue weighted by Gasteiger charge is -2.29. The van der Waals surface area contributed by atoms with E-state index in [1.54, 1.807) is 23.5 Å². The molecule has 2 aromatic rings. The van der Waals surface area contributed by atoms with Gasteiger partial charge < -0.3 is 18.9 Å². The van der Waals surface area contributed by atoms with Crippen molar-refractivity contribution >= 4 is 35.5 Å². The van der Waals surface area contributed by atoms with Crippen LogP contribution in [0.4, 0.5) is 0 Å². The summed E-state index contributed by atoms with van der Waals surface area (Å²) in [6.45, 7) is 7.45. The Bertz CT molecular complexity index is 1000. The summed E-state index contributed by atoms with van der Waals surface area (Å²) in [5.41, 5.74) is 0. The van der Waals surface area contributed by atoms with Crippen molar-refractivity contribution in [3.63, 3.8) is 0 Å². The van der Waals surface area contributed by atoms with Crippen LogP contribution < -0.4 is 0 Å². The summed E-state index contributed by atoms with van der Waals surface area (Å²) in [5, 5.41) is 0. The van der Waals surface area contributed by atoms with Gasteiger partial charge >= 0.3 is 11.9 Å². The van der Waals surface area contributed by atoms with Gasteiger partial charge in [0.05, 0.1) is 13.2 Å². The molecule has 40 heavy (non-hydrogen) atoms. The molecule has 0 radical (unpaired) electrons. The highest BCUT2D eigenvalue weighted by atomic mass is 32.2. The molecule has 0 bridgehead atoms. The standard InChI is InChI=1S/C32H42O6S2.H2/c1-3-31(33)37-27(23-39-29-11-7-5-8-12-29)21-35-19-25-15-17-26(18-16-25)20-36-22-28(38-32(34)4-2)24-40-30-13-9-6-10-14-30;/h3,5-14,25-28H,1,4,15-24H2,2H3;1H. The summed E-state index contributed by atoms with van der Waals surface area (Å²) in [5.74, 6) is 1.69. The van der Waals surface area contributed by atoms with Crippen LogP contribution >= 0.6 is 23.5 Å². The highest BCUT2D eigenvalue weighted by molar-refractivity contribution is 7.99. The van der Waals surface area contributed by atoms with Gasteiger partial charge in [-0.25, -0.2) is 4.79 Å².